The van der Waals surface area contributed by atoms with Crippen LogP contribution in [-0.4, -0.2) is 80.6 Å². The van der Waals surface area contributed by atoms with Gasteiger partial charge in [-0.2, -0.15) is 0 Å². The molecular weight excluding hydrogens is 739 g/mol. The van der Waals surface area contributed by atoms with Gasteiger partial charge in [-0.15, -0.1) is 0 Å². The molecule has 0 radical (unpaired) electrons. The number of allylic oxidation sites excluding steroid dienone is 10. The second kappa shape index (κ2) is 41.8. The van der Waals surface area contributed by atoms with E-state index in [4.69, 9.17) is 14.2 Å². The molecule has 2 unspecified atom stereocenters. The van der Waals surface area contributed by atoms with Crippen LogP contribution in [-0.2, 0) is 28.6 Å². The maximum absolute atomic E-state index is 12.7. The molecule has 0 spiro atoms. The molecule has 340 valence electrons. The Hall–Kier alpha value is -2.97. The van der Waals surface area contributed by atoms with Gasteiger partial charge in [0.15, 0.2) is 12.1 Å². The van der Waals surface area contributed by atoms with Crippen LogP contribution < -0.4 is 0 Å². The number of carbonyl (C=O) groups is 3. The van der Waals surface area contributed by atoms with E-state index in [1.807, 2.05) is 75.8 Å². The molecule has 8 heteroatoms. The van der Waals surface area contributed by atoms with Crippen molar-refractivity contribution in [2.24, 2.45) is 0 Å². The maximum Gasteiger partial charge on any atom is 0.362 e. The fourth-order valence-electron chi connectivity index (χ4n) is 6.89. The smallest absolute Gasteiger partial charge is 0.362 e. The number of carboxylic acid groups (broad SMARTS) is 1. The molecular formula is C51H90NO7+. The van der Waals surface area contributed by atoms with Gasteiger partial charge in [0, 0.05) is 19.3 Å². The summed E-state index contributed by atoms with van der Waals surface area (Å²) in [4.78, 5) is 37.0. The molecule has 0 rings (SSSR count). The monoisotopic (exact) mass is 829 g/mol. The summed E-state index contributed by atoms with van der Waals surface area (Å²) < 4.78 is 17.2. The van der Waals surface area contributed by atoms with Gasteiger partial charge in [0.1, 0.15) is 6.61 Å². The fourth-order valence-corrected chi connectivity index (χ4v) is 6.89. The average molecular weight is 829 g/mol. The molecule has 0 saturated heterocycles. The minimum absolute atomic E-state index is 0.0319. The first kappa shape index (κ1) is 56.0. The summed E-state index contributed by atoms with van der Waals surface area (Å²) in [6, 6.07) is -0.628. The quantitative estimate of drug-likeness (QED) is 0.0283. The van der Waals surface area contributed by atoms with Crippen molar-refractivity contribution < 1.29 is 38.2 Å². The summed E-state index contributed by atoms with van der Waals surface area (Å²) in [7, 11) is 5.50. The second-order valence-electron chi connectivity index (χ2n) is 17.1. The number of hydrogen-bond donors (Lipinski definition) is 1. The largest absolute Gasteiger partial charge is 0.477 e. The van der Waals surface area contributed by atoms with Crippen LogP contribution in [0.15, 0.2) is 60.8 Å². The number of carboxylic acids is 1. The maximum atomic E-state index is 12.7. The van der Waals surface area contributed by atoms with Crippen LogP contribution in [0.5, 0.6) is 0 Å². The van der Waals surface area contributed by atoms with Gasteiger partial charge in [0.05, 0.1) is 34.4 Å². The molecule has 0 aromatic carbocycles. The predicted molar refractivity (Wildman–Crippen MR) is 247 cm³/mol. The van der Waals surface area contributed by atoms with Crippen molar-refractivity contribution in [3.8, 4) is 0 Å². The third kappa shape index (κ3) is 40.2. The SMILES string of the molecule is CC/C=C/C=C/C=C/C=C/C=C/CCCC(=O)OC(COCCC(C(=O)O)[N+](C)(C)C)COC(=O)CCCCCCCCCCCCCCCCCCCCCCCC. The van der Waals surface area contributed by atoms with E-state index in [1.54, 1.807) is 0 Å². The van der Waals surface area contributed by atoms with Crippen molar-refractivity contribution in [2.75, 3.05) is 41.0 Å². The zero-order valence-corrected chi connectivity index (χ0v) is 38.7. The summed E-state index contributed by atoms with van der Waals surface area (Å²) in [5.74, 6) is -1.56. The molecule has 2 atom stereocenters. The standard InChI is InChI=1S/C51H89NO7/c1-6-8-10-12-14-16-18-20-21-22-23-24-25-26-27-28-30-31-33-35-37-39-41-49(53)58-46-47(45-57-44-43-48(51(55)56)52(3,4)5)59-50(54)42-40-38-36-34-32-29-19-17-15-13-11-9-7-2/h9,11,13,15,17,19,29,32,34,36,47-48H,6-8,10,12,14,16,18,20-28,30-31,33,35,37-46H2,1-5H3/p+1/b11-9+,15-13+,19-17+,32-29+,36-34+. The highest BCUT2D eigenvalue weighted by molar-refractivity contribution is 5.72. The Morgan fingerprint density at radius 3 is 1.39 bits per heavy atom. The van der Waals surface area contributed by atoms with E-state index < -0.39 is 18.1 Å². The molecule has 0 fully saturated rings. The lowest BCUT2D eigenvalue weighted by atomic mass is 10.0. The van der Waals surface area contributed by atoms with Crippen LogP contribution >= 0.6 is 0 Å². The lowest BCUT2D eigenvalue weighted by Gasteiger charge is -2.31. The van der Waals surface area contributed by atoms with E-state index in [9.17, 15) is 19.5 Å². The lowest BCUT2D eigenvalue weighted by molar-refractivity contribution is -0.887. The summed E-state index contributed by atoms with van der Waals surface area (Å²) in [6.07, 6.45) is 51.5. The molecule has 1 N–H and O–H groups in total. The molecule has 0 aromatic heterocycles. The summed E-state index contributed by atoms with van der Waals surface area (Å²) in [6.45, 7) is 4.53. The molecule has 0 amide bonds. The first-order valence-electron chi connectivity index (χ1n) is 23.9. The van der Waals surface area contributed by atoms with Crippen LogP contribution in [0.1, 0.15) is 194 Å². The number of esters is 2. The van der Waals surface area contributed by atoms with Crippen LogP contribution in [0.2, 0.25) is 0 Å². The minimum Gasteiger partial charge on any atom is -0.477 e. The number of unbranched alkanes of at least 4 members (excludes halogenated alkanes) is 22. The molecule has 0 heterocycles. The topological polar surface area (TPSA) is 99.1 Å². The van der Waals surface area contributed by atoms with E-state index in [2.05, 4.69) is 19.9 Å². The highest BCUT2D eigenvalue weighted by Gasteiger charge is 2.31. The van der Waals surface area contributed by atoms with Gasteiger partial charge in [-0.3, -0.25) is 9.59 Å². The zero-order chi connectivity index (χ0) is 43.5. The molecule has 0 bridgehead atoms. The van der Waals surface area contributed by atoms with E-state index in [1.165, 1.54) is 122 Å². The molecule has 0 aliphatic rings. The van der Waals surface area contributed by atoms with E-state index in [0.29, 0.717) is 19.3 Å². The first-order chi connectivity index (χ1) is 28.6. The highest BCUT2D eigenvalue weighted by Crippen LogP contribution is 2.16. The van der Waals surface area contributed by atoms with Gasteiger partial charge in [-0.05, 0) is 25.7 Å². The number of likely N-dealkylation sites (N-methyl/N-ethyl adjacent to an activating group) is 1. The second-order valence-corrected chi connectivity index (χ2v) is 17.1. The van der Waals surface area contributed by atoms with Crippen molar-refractivity contribution in [3.05, 3.63) is 60.8 Å². The fraction of sp³-hybridized carbons (Fsp3) is 0.745. The van der Waals surface area contributed by atoms with Gasteiger partial charge in [-0.25, -0.2) is 4.79 Å². The first-order valence-corrected chi connectivity index (χ1v) is 23.9. The van der Waals surface area contributed by atoms with Crippen LogP contribution in [0.4, 0.5) is 0 Å². The van der Waals surface area contributed by atoms with Crippen molar-refractivity contribution >= 4 is 17.9 Å². The van der Waals surface area contributed by atoms with E-state index in [0.717, 1.165) is 32.1 Å². The Bertz CT molecular complexity index is 1150. The number of ether oxygens (including phenoxy) is 3. The Labute approximate surface area is 362 Å². The van der Waals surface area contributed by atoms with Crippen LogP contribution in [0.3, 0.4) is 0 Å². The highest BCUT2D eigenvalue weighted by atomic mass is 16.6. The van der Waals surface area contributed by atoms with Crippen molar-refractivity contribution in [1.82, 2.24) is 0 Å². The number of hydrogen-bond acceptors (Lipinski definition) is 6. The summed E-state index contributed by atoms with van der Waals surface area (Å²) in [5.41, 5.74) is 0. The average Bonchev–Trinajstić information content (AvgIpc) is 3.19. The third-order valence-electron chi connectivity index (χ3n) is 10.6. The lowest BCUT2D eigenvalue weighted by Crippen LogP contribution is -2.50. The minimum atomic E-state index is -0.887. The van der Waals surface area contributed by atoms with E-state index in [-0.39, 0.29) is 42.7 Å². The van der Waals surface area contributed by atoms with Crippen molar-refractivity contribution in [3.63, 3.8) is 0 Å². The van der Waals surface area contributed by atoms with Crippen molar-refractivity contribution in [2.45, 2.75) is 206 Å². The number of quaternary nitrogens is 1. The normalized spacial score (nSPS) is 13.4. The Kier molecular flexibility index (Phi) is 39.6. The van der Waals surface area contributed by atoms with Gasteiger partial charge < -0.3 is 23.8 Å². The van der Waals surface area contributed by atoms with Crippen LogP contribution in [0, 0.1) is 0 Å². The zero-order valence-electron chi connectivity index (χ0n) is 38.7. The van der Waals surface area contributed by atoms with Crippen LogP contribution in [0.25, 0.3) is 0 Å². The number of aliphatic carboxylic acids is 1. The molecule has 0 saturated carbocycles. The summed E-state index contributed by atoms with van der Waals surface area (Å²) in [5, 5.41) is 9.62. The van der Waals surface area contributed by atoms with Gasteiger partial charge in [0.2, 0.25) is 0 Å². The molecule has 0 aliphatic carbocycles. The van der Waals surface area contributed by atoms with E-state index >= 15 is 0 Å². The Morgan fingerprint density at radius 2 is 0.949 bits per heavy atom. The number of carbonyl (C=O) groups excluding carboxylic acids is 2. The number of rotatable bonds is 42. The van der Waals surface area contributed by atoms with Gasteiger partial charge in [-0.1, -0.05) is 209 Å². The summed E-state index contributed by atoms with van der Waals surface area (Å²) >= 11 is 0. The molecule has 0 aromatic rings. The Balaban J connectivity index is 4.26. The van der Waals surface area contributed by atoms with Gasteiger partial charge >= 0.3 is 17.9 Å². The third-order valence-corrected chi connectivity index (χ3v) is 10.6. The predicted octanol–water partition coefficient (Wildman–Crippen LogP) is 13.4. The molecule has 59 heavy (non-hydrogen) atoms. The van der Waals surface area contributed by atoms with Gasteiger partial charge in [0.25, 0.3) is 0 Å². The molecule has 8 nitrogen and oxygen atoms in total. The van der Waals surface area contributed by atoms with Crippen molar-refractivity contribution in [1.29, 1.82) is 0 Å². The number of nitrogens with zero attached hydrogens (tertiary/aromatic N) is 1. The molecule has 0 aliphatic heterocycles. The Morgan fingerprint density at radius 1 is 0.525 bits per heavy atom.